The van der Waals surface area contributed by atoms with Crippen LogP contribution >= 0.6 is 15.9 Å². The molecule has 0 aromatic heterocycles. The summed E-state index contributed by atoms with van der Waals surface area (Å²) in [6.07, 6.45) is 2.49. The summed E-state index contributed by atoms with van der Waals surface area (Å²) in [7, 11) is 0. The molecule has 104 valence electrons. The molecule has 1 aromatic carbocycles. The fourth-order valence-electron chi connectivity index (χ4n) is 1.73. The fraction of sp³-hybridized carbons (Fsp3) is 0.500. The van der Waals surface area contributed by atoms with Crippen LogP contribution in [-0.2, 0) is 16.1 Å². The number of esters is 1. The Kier molecular flexibility index (Phi) is 5.22. The largest absolute Gasteiger partial charge is 0.480 e. The van der Waals surface area contributed by atoms with Gasteiger partial charge in [-0.25, -0.2) is 4.79 Å². The summed E-state index contributed by atoms with van der Waals surface area (Å²) in [6.45, 7) is 2.84. The van der Waals surface area contributed by atoms with Crippen molar-refractivity contribution in [2.24, 2.45) is 0 Å². The number of hydrogen-bond acceptors (Lipinski definition) is 4. The second-order valence-corrected chi connectivity index (χ2v) is 5.33. The molecule has 0 bridgehead atoms. The molecule has 1 saturated carbocycles. The third-order valence-electron chi connectivity index (χ3n) is 2.85. The molecule has 1 fully saturated rings. The van der Waals surface area contributed by atoms with E-state index in [4.69, 9.17) is 9.47 Å². The predicted molar refractivity (Wildman–Crippen MR) is 76.1 cm³/mol. The van der Waals surface area contributed by atoms with Crippen LogP contribution < -0.4 is 10.1 Å². The number of rotatable bonds is 7. The molecule has 19 heavy (non-hydrogen) atoms. The molecule has 0 radical (unpaired) electrons. The molecular weight excluding hydrogens is 310 g/mol. The zero-order chi connectivity index (χ0) is 13.7. The molecule has 1 N–H and O–H groups in total. The normalized spacial score (nSPS) is 14.2. The van der Waals surface area contributed by atoms with Gasteiger partial charge >= 0.3 is 5.97 Å². The van der Waals surface area contributed by atoms with Gasteiger partial charge in [-0.1, -0.05) is 12.1 Å². The van der Waals surface area contributed by atoms with E-state index in [2.05, 4.69) is 21.2 Å². The molecule has 0 spiro atoms. The number of ether oxygens (including phenoxy) is 2. The summed E-state index contributed by atoms with van der Waals surface area (Å²) in [5.74, 6) is 0.364. The topological polar surface area (TPSA) is 47.6 Å². The molecule has 0 aliphatic heterocycles. The monoisotopic (exact) mass is 327 g/mol. The summed E-state index contributed by atoms with van der Waals surface area (Å²) in [6, 6.07) is 6.50. The van der Waals surface area contributed by atoms with Gasteiger partial charge in [0.2, 0.25) is 0 Å². The van der Waals surface area contributed by atoms with Gasteiger partial charge in [0.15, 0.2) is 6.61 Å². The Morgan fingerprint density at radius 1 is 1.47 bits per heavy atom. The Morgan fingerprint density at radius 2 is 2.26 bits per heavy atom. The second-order valence-electron chi connectivity index (χ2n) is 4.48. The van der Waals surface area contributed by atoms with Crippen molar-refractivity contribution in [3.8, 4) is 5.75 Å². The van der Waals surface area contributed by atoms with Crippen molar-refractivity contribution in [3.63, 3.8) is 0 Å². The first kappa shape index (κ1) is 14.3. The average Bonchev–Trinajstić information content (AvgIpc) is 3.19. The molecule has 0 heterocycles. The van der Waals surface area contributed by atoms with Gasteiger partial charge in [0.1, 0.15) is 5.75 Å². The van der Waals surface area contributed by atoms with Crippen LogP contribution in [0.25, 0.3) is 0 Å². The van der Waals surface area contributed by atoms with Crippen LogP contribution in [-0.4, -0.2) is 25.2 Å². The van der Waals surface area contributed by atoms with Crippen LogP contribution in [0.15, 0.2) is 22.7 Å². The molecule has 0 saturated heterocycles. The third-order valence-corrected chi connectivity index (χ3v) is 3.47. The van der Waals surface area contributed by atoms with Gasteiger partial charge in [-0.2, -0.15) is 0 Å². The molecule has 1 aliphatic carbocycles. The quantitative estimate of drug-likeness (QED) is 0.782. The van der Waals surface area contributed by atoms with Crippen LogP contribution in [0.1, 0.15) is 25.3 Å². The van der Waals surface area contributed by atoms with Crippen molar-refractivity contribution in [2.75, 3.05) is 13.2 Å². The van der Waals surface area contributed by atoms with E-state index in [9.17, 15) is 4.79 Å². The Bertz CT molecular complexity index is 446. The van der Waals surface area contributed by atoms with E-state index >= 15 is 0 Å². The summed E-state index contributed by atoms with van der Waals surface area (Å²) < 4.78 is 11.3. The lowest BCUT2D eigenvalue weighted by Gasteiger charge is -2.13. The van der Waals surface area contributed by atoms with Gasteiger partial charge in [-0.05, 0) is 41.8 Å². The minimum Gasteiger partial charge on any atom is -0.480 e. The predicted octanol–water partition coefficient (Wildman–Crippen LogP) is 2.64. The number of benzene rings is 1. The first-order valence-electron chi connectivity index (χ1n) is 6.50. The van der Waals surface area contributed by atoms with Gasteiger partial charge in [0.25, 0.3) is 0 Å². The van der Waals surface area contributed by atoms with Gasteiger partial charge in [0, 0.05) is 18.2 Å². The Labute approximate surface area is 121 Å². The van der Waals surface area contributed by atoms with Crippen molar-refractivity contribution in [1.82, 2.24) is 5.32 Å². The van der Waals surface area contributed by atoms with Crippen molar-refractivity contribution in [1.29, 1.82) is 0 Å². The highest BCUT2D eigenvalue weighted by molar-refractivity contribution is 9.10. The molecule has 1 aliphatic rings. The maximum Gasteiger partial charge on any atom is 0.344 e. The van der Waals surface area contributed by atoms with E-state index in [0.29, 0.717) is 18.4 Å². The summed E-state index contributed by atoms with van der Waals surface area (Å²) in [4.78, 5) is 11.3. The Morgan fingerprint density at radius 3 is 2.95 bits per heavy atom. The van der Waals surface area contributed by atoms with Gasteiger partial charge in [0.05, 0.1) is 11.1 Å². The number of halogens is 1. The number of carbonyl (C=O) groups excluding carboxylic acids is 1. The molecule has 1 aromatic rings. The van der Waals surface area contributed by atoms with Crippen LogP contribution in [0.2, 0.25) is 0 Å². The summed E-state index contributed by atoms with van der Waals surface area (Å²) in [5.41, 5.74) is 1.05. The zero-order valence-corrected chi connectivity index (χ0v) is 12.5. The molecule has 5 heteroatoms. The van der Waals surface area contributed by atoms with Crippen molar-refractivity contribution in [2.45, 2.75) is 32.4 Å². The summed E-state index contributed by atoms with van der Waals surface area (Å²) >= 11 is 3.45. The summed E-state index contributed by atoms with van der Waals surface area (Å²) in [5, 5.41) is 3.44. The third kappa shape index (κ3) is 4.51. The highest BCUT2D eigenvalue weighted by atomic mass is 79.9. The minimum absolute atomic E-state index is 0.0626. The van der Waals surface area contributed by atoms with E-state index < -0.39 is 0 Å². The Hall–Kier alpha value is -1.07. The van der Waals surface area contributed by atoms with E-state index in [1.807, 2.05) is 18.2 Å². The lowest BCUT2D eigenvalue weighted by atomic mass is 10.2. The molecule has 2 rings (SSSR count). The van der Waals surface area contributed by atoms with Crippen molar-refractivity contribution in [3.05, 3.63) is 28.2 Å². The van der Waals surface area contributed by atoms with Crippen molar-refractivity contribution >= 4 is 21.9 Å². The fourth-order valence-corrected chi connectivity index (χ4v) is 2.25. The van der Waals surface area contributed by atoms with E-state index in [1.165, 1.54) is 12.8 Å². The van der Waals surface area contributed by atoms with Crippen LogP contribution in [0.4, 0.5) is 0 Å². The second kappa shape index (κ2) is 6.91. The average molecular weight is 328 g/mol. The molecule has 0 atom stereocenters. The maximum atomic E-state index is 11.3. The standard InChI is InChI=1S/C14H18BrNO3/c1-2-18-13(17)9-19-14-10(4-3-5-12(14)15)8-16-11-6-7-11/h3-5,11,16H,2,6-9H2,1H3. The maximum absolute atomic E-state index is 11.3. The van der Waals surface area contributed by atoms with E-state index in [-0.39, 0.29) is 12.6 Å². The molecule has 0 unspecified atom stereocenters. The van der Waals surface area contributed by atoms with Crippen LogP contribution in [0.5, 0.6) is 5.75 Å². The molecule has 0 amide bonds. The van der Waals surface area contributed by atoms with Crippen LogP contribution in [0, 0.1) is 0 Å². The van der Waals surface area contributed by atoms with E-state index in [1.54, 1.807) is 6.92 Å². The number of hydrogen-bond donors (Lipinski definition) is 1. The van der Waals surface area contributed by atoms with Crippen LogP contribution in [0.3, 0.4) is 0 Å². The minimum atomic E-state index is -0.348. The first-order valence-corrected chi connectivity index (χ1v) is 7.29. The highest BCUT2D eigenvalue weighted by Gasteiger charge is 2.21. The van der Waals surface area contributed by atoms with Gasteiger partial charge < -0.3 is 14.8 Å². The number of carbonyl (C=O) groups is 1. The number of para-hydroxylation sites is 1. The van der Waals surface area contributed by atoms with Gasteiger partial charge in [-0.15, -0.1) is 0 Å². The zero-order valence-electron chi connectivity index (χ0n) is 10.9. The molecule has 4 nitrogen and oxygen atoms in total. The highest BCUT2D eigenvalue weighted by Crippen LogP contribution is 2.30. The lowest BCUT2D eigenvalue weighted by Crippen LogP contribution is -2.18. The molecular formula is C14H18BrNO3. The smallest absolute Gasteiger partial charge is 0.344 e. The Balaban J connectivity index is 1.97. The first-order chi connectivity index (χ1) is 9.20. The van der Waals surface area contributed by atoms with Crippen molar-refractivity contribution < 1.29 is 14.3 Å². The van der Waals surface area contributed by atoms with Gasteiger partial charge in [-0.3, -0.25) is 0 Å². The van der Waals surface area contributed by atoms with E-state index in [0.717, 1.165) is 16.6 Å². The SMILES string of the molecule is CCOC(=O)COc1c(Br)cccc1CNC1CC1. The lowest BCUT2D eigenvalue weighted by molar-refractivity contribution is -0.145. The number of nitrogens with one attached hydrogen (secondary N) is 1.